The van der Waals surface area contributed by atoms with E-state index in [0.717, 1.165) is 28.2 Å². The minimum absolute atomic E-state index is 0.0881. The predicted molar refractivity (Wildman–Crippen MR) is 171 cm³/mol. The third-order valence-corrected chi connectivity index (χ3v) is 8.86. The number of aliphatic hydroxyl groups is 1. The molecule has 0 unspecified atom stereocenters. The summed E-state index contributed by atoms with van der Waals surface area (Å²) in [5.74, 6) is 1.29. The van der Waals surface area contributed by atoms with Gasteiger partial charge in [0.2, 0.25) is 0 Å². The Labute approximate surface area is 247 Å². The van der Waals surface area contributed by atoms with E-state index in [0.29, 0.717) is 30.9 Å². The smallest absolute Gasteiger partial charge is 0.333 e. The van der Waals surface area contributed by atoms with Crippen LogP contribution in [0, 0.1) is 12.8 Å². The quantitative estimate of drug-likeness (QED) is 0.130. The molecule has 1 aliphatic carbocycles. The maximum absolute atomic E-state index is 11.8. The van der Waals surface area contributed by atoms with E-state index in [9.17, 15) is 9.90 Å². The van der Waals surface area contributed by atoms with Gasteiger partial charge in [-0.3, -0.25) is 0 Å². The summed E-state index contributed by atoms with van der Waals surface area (Å²) >= 11 is 0. The molecule has 0 atom stereocenters. The molecule has 3 aromatic rings. The SMILES string of the molecule is C=C(C)C(=O)OCCc1cc(-c2ccc(-c3ccc(C4CCC(CCCCC)CC4)cc3)c(C)c2)ccc1CCO. The number of ether oxygens (including phenoxy) is 1. The molecule has 1 aliphatic rings. The fourth-order valence-electron chi connectivity index (χ4n) is 6.35. The van der Waals surface area contributed by atoms with E-state index in [2.05, 4.69) is 81.1 Å². The van der Waals surface area contributed by atoms with Crippen LogP contribution in [0.1, 0.15) is 93.4 Å². The Hall–Kier alpha value is -3.17. The molecule has 0 aliphatic heterocycles. The Morgan fingerprint density at radius 1 is 0.878 bits per heavy atom. The van der Waals surface area contributed by atoms with E-state index < -0.39 is 0 Å². The Kier molecular flexibility index (Phi) is 11.4. The van der Waals surface area contributed by atoms with Gasteiger partial charge in [0.05, 0.1) is 6.61 Å². The van der Waals surface area contributed by atoms with E-state index >= 15 is 0 Å². The van der Waals surface area contributed by atoms with Gasteiger partial charge in [-0.25, -0.2) is 4.79 Å². The summed E-state index contributed by atoms with van der Waals surface area (Å²) in [6.45, 7) is 10.2. The average molecular weight is 553 g/mol. The highest BCUT2D eigenvalue weighted by Gasteiger charge is 2.22. The van der Waals surface area contributed by atoms with Gasteiger partial charge in [0.25, 0.3) is 0 Å². The lowest BCUT2D eigenvalue weighted by Crippen LogP contribution is -2.13. The minimum atomic E-state index is -0.366. The molecular weight excluding hydrogens is 504 g/mol. The Morgan fingerprint density at radius 2 is 1.56 bits per heavy atom. The number of rotatable bonds is 13. The van der Waals surface area contributed by atoms with Crippen LogP contribution in [0.15, 0.2) is 72.8 Å². The maximum atomic E-state index is 11.8. The zero-order chi connectivity index (χ0) is 29.2. The molecule has 3 heteroatoms. The van der Waals surface area contributed by atoms with Gasteiger partial charge >= 0.3 is 5.97 Å². The molecule has 0 radical (unpaired) electrons. The number of hydrogen-bond donors (Lipinski definition) is 1. The van der Waals surface area contributed by atoms with Crippen molar-refractivity contribution in [3.05, 3.63) is 95.1 Å². The average Bonchev–Trinajstić information content (AvgIpc) is 2.98. The first kappa shape index (κ1) is 30.8. The molecule has 3 nitrogen and oxygen atoms in total. The van der Waals surface area contributed by atoms with Crippen molar-refractivity contribution in [1.29, 1.82) is 0 Å². The van der Waals surface area contributed by atoms with Crippen molar-refractivity contribution in [3.63, 3.8) is 0 Å². The topological polar surface area (TPSA) is 46.5 Å². The lowest BCUT2D eigenvalue weighted by Gasteiger charge is -2.29. The van der Waals surface area contributed by atoms with E-state index in [1.165, 1.54) is 73.6 Å². The first-order valence-corrected chi connectivity index (χ1v) is 15.7. The Morgan fingerprint density at radius 3 is 2.22 bits per heavy atom. The number of esters is 1. The second kappa shape index (κ2) is 15.2. The molecule has 4 rings (SSSR count). The highest BCUT2D eigenvalue weighted by Crippen LogP contribution is 2.38. The predicted octanol–water partition coefficient (Wildman–Crippen LogP) is 9.38. The van der Waals surface area contributed by atoms with Crippen LogP contribution in [0.3, 0.4) is 0 Å². The van der Waals surface area contributed by atoms with Gasteiger partial charge in [0.15, 0.2) is 0 Å². The number of carbonyl (C=O) groups is 1. The zero-order valence-corrected chi connectivity index (χ0v) is 25.4. The largest absolute Gasteiger partial charge is 0.462 e. The highest BCUT2D eigenvalue weighted by molar-refractivity contribution is 5.86. The fraction of sp³-hybridized carbons (Fsp3) is 0.447. The van der Waals surface area contributed by atoms with Gasteiger partial charge in [-0.15, -0.1) is 0 Å². The molecular formula is C38H48O3. The lowest BCUT2D eigenvalue weighted by atomic mass is 9.77. The van der Waals surface area contributed by atoms with Gasteiger partial charge in [-0.05, 0) is 102 Å². The van der Waals surface area contributed by atoms with Crippen LogP contribution in [0.5, 0.6) is 0 Å². The molecule has 0 amide bonds. The summed E-state index contributed by atoms with van der Waals surface area (Å²) in [5, 5.41) is 9.53. The monoisotopic (exact) mass is 552 g/mol. The number of aryl methyl sites for hydroxylation is 1. The van der Waals surface area contributed by atoms with Crippen molar-refractivity contribution in [2.45, 2.75) is 90.9 Å². The van der Waals surface area contributed by atoms with E-state index in [-0.39, 0.29) is 12.6 Å². The minimum Gasteiger partial charge on any atom is -0.462 e. The summed E-state index contributed by atoms with van der Waals surface area (Å²) in [5.41, 5.74) is 10.2. The van der Waals surface area contributed by atoms with Crippen LogP contribution in [-0.2, 0) is 22.4 Å². The number of unbranched alkanes of at least 4 members (excludes halogenated alkanes) is 2. The molecule has 1 saturated carbocycles. The number of aliphatic hydroxyl groups excluding tert-OH is 1. The Bertz CT molecular complexity index is 1300. The van der Waals surface area contributed by atoms with E-state index in [4.69, 9.17) is 4.74 Å². The van der Waals surface area contributed by atoms with Crippen LogP contribution in [0.2, 0.25) is 0 Å². The second-order valence-electron chi connectivity index (χ2n) is 12.0. The summed E-state index contributed by atoms with van der Waals surface area (Å²) in [7, 11) is 0. The van der Waals surface area contributed by atoms with Crippen molar-refractivity contribution in [3.8, 4) is 22.3 Å². The fourth-order valence-corrected chi connectivity index (χ4v) is 6.35. The van der Waals surface area contributed by atoms with Crippen molar-refractivity contribution >= 4 is 5.97 Å². The van der Waals surface area contributed by atoms with E-state index in [1.807, 2.05) is 0 Å². The molecule has 0 heterocycles. The Balaban J connectivity index is 1.43. The number of benzene rings is 3. The summed E-state index contributed by atoms with van der Waals surface area (Å²) in [6, 6.07) is 22.4. The third-order valence-electron chi connectivity index (χ3n) is 8.86. The first-order chi connectivity index (χ1) is 19.9. The van der Waals surface area contributed by atoms with Gasteiger partial charge in [0.1, 0.15) is 0 Å². The standard InChI is InChI=1S/C38H48O3/c1-5-6-7-8-29-9-11-30(12-10-29)31-13-16-33(17-14-31)37-20-19-34(25-28(37)4)35-18-15-32(21-23-39)36(26-35)22-24-41-38(40)27(2)3/h13-20,25-26,29-30,39H,2,5-12,21-24H2,1,3-4H3. The van der Waals surface area contributed by atoms with Crippen molar-refractivity contribution in [2.75, 3.05) is 13.2 Å². The maximum Gasteiger partial charge on any atom is 0.333 e. The van der Waals surface area contributed by atoms with Crippen molar-refractivity contribution in [2.24, 2.45) is 5.92 Å². The van der Waals surface area contributed by atoms with Crippen LogP contribution in [-0.4, -0.2) is 24.3 Å². The first-order valence-electron chi connectivity index (χ1n) is 15.7. The zero-order valence-electron chi connectivity index (χ0n) is 25.4. The highest BCUT2D eigenvalue weighted by atomic mass is 16.5. The summed E-state index contributed by atoms with van der Waals surface area (Å²) in [4.78, 5) is 11.8. The molecule has 1 N–H and O–H groups in total. The van der Waals surface area contributed by atoms with Gasteiger partial charge in [-0.2, -0.15) is 0 Å². The molecule has 218 valence electrons. The van der Waals surface area contributed by atoms with Crippen molar-refractivity contribution < 1.29 is 14.6 Å². The molecule has 0 saturated heterocycles. The molecule has 0 spiro atoms. The molecule has 0 aromatic heterocycles. The van der Waals surface area contributed by atoms with Crippen LogP contribution < -0.4 is 0 Å². The normalized spacial score (nSPS) is 16.9. The summed E-state index contributed by atoms with van der Waals surface area (Å²) in [6.07, 6.45) is 12.2. The van der Waals surface area contributed by atoms with Gasteiger partial charge < -0.3 is 9.84 Å². The summed E-state index contributed by atoms with van der Waals surface area (Å²) < 4.78 is 5.34. The third kappa shape index (κ3) is 8.42. The molecule has 1 fully saturated rings. The van der Waals surface area contributed by atoms with Gasteiger partial charge in [-0.1, -0.05) is 99.8 Å². The van der Waals surface area contributed by atoms with E-state index in [1.54, 1.807) is 6.92 Å². The number of carbonyl (C=O) groups excluding carboxylic acids is 1. The van der Waals surface area contributed by atoms with Gasteiger partial charge in [0, 0.05) is 18.6 Å². The lowest BCUT2D eigenvalue weighted by molar-refractivity contribution is -0.138. The molecule has 0 bridgehead atoms. The van der Waals surface area contributed by atoms with Crippen LogP contribution in [0.25, 0.3) is 22.3 Å². The molecule has 3 aromatic carbocycles. The van der Waals surface area contributed by atoms with Crippen LogP contribution in [0.4, 0.5) is 0 Å². The second-order valence-corrected chi connectivity index (χ2v) is 12.0. The van der Waals surface area contributed by atoms with Crippen molar-refractivity contribution in [1.82, 2.24) is 0 Å². The van der Waals surface area contributed by atoms with Crippen LogP contribution >= 0.6 is 0 Å². The molecule has 41 heavy (non-hydrogen) atoms. The number of hydrogen-bond acceptors (Lipinski definition) is 3.